The molecule has 0 heterocycles. The average molecular weight is 316 g/mol. The fourth-order valence-electron chi connectivity index (χ4n) is 1.99. The van der Waals surface area contributed by atoms with E-state index < -0.39 is 0 Å². The predicted octanol–water partition coefficient (Wildman–Crippen LogP) is 4.55. The van der Waals surface area contributed by atoms with Gasteiger partial charge in [0.1, 0.15) is 5.82 Å². The smallest absolute Gasteiger partial charge is 0.137 e. The fraction of sp³-hybridized carbons (Fsp3) is 0.600. The molecular formula is C15H23BrFN. The Morgan fingerprint density at radius 1 is 1.33 bits per heavy atom. The Morgan fingerprint density at radius 2 is 2.00 bits per heavy atom. The molecule has 1 aromatic carbocycles. The van der Waals surface area contributed by atoms with Gasteiger partial charge in [-0.1, -0.05) is 39.8 Å². The Morgan fingerprint density at radius 3 is 2.61 bits per heavy atom. The number of hydrogen-bond acceptors (Lipinski definition) is 1. The quantitative estimate of drug-likeness (QED) is 0.812. The van der Waals surface area contributed by atoms with Crippen LogP contribution < -0.4 is 5.32 Å². The van der Waals surface area contributed by atoms with Gasteiger partial charge in [0.05, 0.1) is 4.47 Å². The van der Waals surface area contributed by atoms with Crippen LogP contribution in [0.1, 0.15) is 39.7 Å². The molecule has 0 saturated heterocycles. The van der Waals surface area contributed by atoms with Gasteiger partial charge >= 0.3 is 0 Å². The first-order chi connectivity index (χ1) is 8.32. The molecule has 0 aliphatic heterocycles. The van der Waals surface area contributed by atoms with Crippen molar-refractivity contribution in [3.05, 3.63) is 34.1 Å². The van der Waals surface area contributed by atoms with Crippen LogP contribution in [0, 0.1) is 11.2 Å². The van der Waals surface area contributed by atoms with Crippen molar-refractivity contribution in [2.45, 2.75) is 46.6 Å². The SMILES string of the molecule is CC(C)NCCC(C)(C)Cc1cccc(F)c1Br. The van der Waals surface area contributed by atoms with Gasteiger partial charge in [0, 0.05) is 6.04 Å². The number of nitrogens with one attached hydrogen (secondary N) is 1. The molecule has 0 unspecified atom stereocenters. The van der Waals surface area contributed by atoms with Gasteiger partial charge in [-0.25, -0.2) is 4.39 Å². The molecular weight excluding hydrogens is 293 g/mol. The van der Waals surface area contributed by atoms with E-state index >= 15 is 0 Å². The lowest BCUT2D eigenvalue weighted by Gasteiger charge is -2.26. The first-order valence-electron chi connectivity index (χ1n) is 6.48. The summed E-state index contributed by atoms with van der Waals surface area (Å²) in [4.78, 5) is 0. The van der Waals surface area contributed by atoms with Crippen LogP contribution in [0.3, 0.4) is 0 Å². The van der Waals surface area contributed by atoms with Crippen molar-refractivity contribution >= 4 is 15.9 Å². The largest absolute Gasteiger partial charge is 0.315 e. The zero-order chi connectivity index (χ0) is 13.8. The van der Waals surface area contributed by atoms with Gasteiger partial charge in [-0.05, 0) is 52.4 Å². The molecule has 0 radical (unpaired) electrons. The monoisotopic (exact) mass is 315 g/mol. The lowest BCUT2D eigenvalue weighted by molar-refractivity contribution is 0.319. The normalized spacial score (nSPS) is 12.2. The Hall–Kier alpha value is -0.410. The topological polar surface area (TPSA) is 12.0 Å². The molecule has 0 spiro atoms. The van der Waals surface area contributed by atoms with Crippen molar-refractivity contribution in [1.29, 1.82) is 0 Å². The molecule has 3 heteroatoms. The zero-order valence-corrected chi connectivity index (χ0v) is 13.3. The summed E-state index contributed by atoms with van der Waals surface area (Å²) < 4.78 is 14.1. The average Bonchev–Trinajstić information content (AvgIpc) is 2.23. The van der Waals surface area contributed by atoms with Gasteiger partial charge in [0.2, 0.25) is 0 Å². The van der Waals surface area contributed by atoms with Crippen LogP contribution in [-0.4, -0.2) is 12.6 Å². The maximum Gasteiger partial charge on any atom is 0.137 e. The third kappa shape index (κ3) is 5.07. The number of rotatable bonds is 6. The Balaban J connectivity index is 2.61. The molecule has 0 aliphatic carbocycles. The lowest BCUT2D eigenvalue weighted by Crippen LogP contribution is -2.28. The van der Waals surface area contributed by atoms with Crippen LogP contribution in [0.2, 0.25) is 0 Å². The van der Waals surface area contributed by atoms with E-state index in [0.29, 0.717) is 10.5 Å². The molecule has 1 rings (SSSR count). The highest BCUT2D eigenvalue weighted by atomic mass is 79.9. The number of benzene rings is 1. The van der Waals surface area contributed by atoms with Gasteiger partial charge in [-0.2, -0.15) is 0 Å². The van der Waals surface area contributed by atoms with Crippen molar-refractivity contribution in [3.8, 4) is 0 Å². The van der Waals surface area contributed by atoms with Crippen LogP contribution >= 0.6 is 15.9 Å². The highest BCUT2D eigenvalue weighted by Gasteiger charge is 2.20. The van der Waals surface area contributed by atoms with Gasteiger partial charge in [0.25, 0.3) is 0 Å². The third-order valence-corrected chi connectivity index (χ3v) is 3.94. The van der Waals surface area contributed by atoms with Crippen molar-refractivity contribution in [2.24, 2.45) is 5.41 Å². The first-order valence-corrected chi connectivity index (χ1v) is 7.27. The van der Waals surface area contributed by atoms with Crippen LogP contribution in [-0.2, 0) is 6.42 Å². The van der Waals surface area contributed by atoms with Gasteiger partial charge in [-0.3, -0.25) is 0 Å². The van der Waals surface area contributed by atoms with E-state index in [1.165, 1.54) is 6.07 Å². The van der Waals surface area contributed by atoms with Crippen LogP contribution in [0.15, 0.2) is 22.7 Å². The minimum atomic E-state index is -0.177. The molecule has 1 N–H and O–H groups in total. The summed E-state index contributed by atoms with van der Waals surface area (Å²) in [6.07, 6.45) is 1.96. The highest BCUT2D eigenvalue weighted by Crippen LogP contribution is 2.30. The van der Waals surface area contributed by atoms with E-state index in [0.717, 1.165) is 24.9 Å². The standard InChI is InChI=1S/C15H23BrFN/c1-11(2)18-9-8-15(3,4)10-12-6-5-7-13(17)14(12)16/h5-7,11,18H,8-10H2,1-4H3. The van der Waals surface area contributed by atoms with E-state index in [1.807, 2.05) is 6.07 Å². The molecule has 1 aromatic rings. The van der Waals surface area contributed by atoms with Gasteiger partial charge in [-0.15, -0.1) is 0 Å². The minimum absolute atomic E-state index is 0.165. The fourth-order valence-corrected chi connectivity index (χ4v) is 2.39. The summed E-state index contributed by atoms with van der Waals surface area (Å²) in [5, 5.41) is 3.43. The molecule has 0 fully saturated rings. The van der Waals surface area contributed by atoms with Crippen LogP contribution in [0.25, 0.3) is 0 Å². The maximum atomic E-state index is 13.5. The molecule has 0 amide bonds. The van der Waals surface area contributed by atoms with Crippen molar-refractivity contribution < 1.29 is 4.39 Å². The molecule has 0 atom stereocenters. The van der Waals surface area contributed by atoms with E-state index in [2.05, 4.69) is 48.9 Å². The Kier molecular flexibility index (Phi) is 5.80. The number of hydrogen-bond donors (Lipinski definition) is 1. The Labute approximate surface area is 118 Å². The summed E-state index contributed by atoms with van der Waals surface area (Å²) in [5.74, 6) is -0.177. The van der Waals surface area contributed by atoms with Crippen LogP contribution in [0.4, 0.5) is 4.39 Å². The summed E-state index contributed by atoms with van der Waals surface area (Å²) in [6.45, 7) is 9.75. The summed E-state index contributed by atoms with van der Waals surface area (Å²) in [5.41, 5.74) is 1.21. The van der Waals surface area contributed by atoms with Crippen molar-refractivity contribution in [3.63, 3.8) is 0 Å². The summed E-state index contributed by atoms with van der Waals surface area (Å²) in [7, 11) is 0. The van der Waals surface area contributed by atoms with Crippen molar-refractivity contribution in [1.82, 2.24) is 5.32 Å². The number of halogens is 2. The molecule has 0 saturated carbocycles. The second kappa shape index (κ2) is 6.67. The molecule has 0 aliphatic rings. The second-order valence-corrected chi connectivity index (χ2v) is 6.71. The second-order valence-electron chi connectivity index (χ2n) is 5.91. The van der Waals surface area contributed by atoms with Gasteiger partial charge < -0.3 is 5.32 Å². The zero-order valence-electron chi connectivity index (χ0n) is 11.7. The molecule has 1 nitrogen and oxygen atoms in total. The summed E-state index contributed by atoms with van der Waals surface area (Å²) in [6, 6.07) is 5.77. The molecule has 18 heavy (non-hydrogen) atoms. The van der Waals surface area contributed by atoms with E-state index in [1.54, 1.807) is 6.07 Å². The third-order valence-electron chi connectivity index (χ3n) is 3.05. The minimum Gasteiger partial charge on any atom is -0.315 e. The van der Waals surface area contributed by atoms with E-state index in [9.17, 15) is 4.39 Å². The predicted molar refractivity (Wildman–Crippen MR) is 79.3 cm³/mol. The Bertz CT molecular complexity index is 388. The lowest BCUT2D eigenvalue weighted by atomic mass is 9.82. The van der Waals surface area contributed by atoms with E-state index in [4.69, 9.17) is 0 Å². The van der Waals surface area contributed by atoms with Gasteiger partial charge in [0.15, 0.2) is 0 Å². The summed E-state index contributed by atoms with van der Waals surface area (Å²) >= 11 is 3.33. The molecule has 102 valence electrons. The molecule has 0 aromatic heterocycles. The molecule has 0 bridgehead atoms. The van der Waals surface area contributed by atoms with Crippen molar-refractivity contribution in [2.75, 3.05) is 6.54 Å². The first kappa shape index (κ1) is 15.6. The highest BCUT2D eigenvalue weighted by molar-refractivity contribution is 9.10. The van der Waals surface area contributed by atoms with E-state index in [-0.39, 0.29) is 11.2 Å². The maximum absolute atomic E-state index is 13.5. The van der Waals surface area contributed by atoms with Crippen LogP contribution in [0.5, 0.6) is 0 Å².